The van der Waals surface area contributed by atoms with Crippen molar-refractivity contribution in [2.75, 3.05) is 0 Å². The molecule has 0 amide bonds. The lowest BCUT2D eigenvalue weighted by Crippen LogP contribution is -2.14. The van der Waals surface area contributed by atoms with E-state index >= 15 is 0 Å². The Balaban J connectivity index is 3.42. The first-order chi connectivity index (χ1) is 4.74. The first kappa shape index (κ1) is 7.29. The molecule has 0 bridgehead atoms. The zero-order valence-electron chi connectivity index (χ0n) is 6.05. The van der Waals surface area contributed by atoms with E-state index in [1.807, 2.05) is 6.08 Å². The zero-order valence-corrected chi connectivity index (χ0v) is 6.87. The lowest BCUT2D eigenvalue weighted by molar-refractivity contribution is 1.60. The van der Waals surface area contributed by atoms with E-state index < -0.39 is 0 Å². The average molecular weight is 150 g/mol. The molecule has 52 valence electrons. The van der Waals surface area contributed by atoms with E-state index in [0.29, 0.717) is 0 Å². The number of aryl methyl sites for hydroxylation is 1. The van der Waals surface area contributed by atoms with Crippen LogP contribution in [0.25, 0.3) is 12.7 Å². The molecular formula is C9H10S. The lowest BCUT2D eigenvalue weighted by atomic mass is 10.4. The highest BCUT2D eigenvalue weighted by atomic mass is 32.1. The van der Waals surface area contributed by atoms with Gasteiger partial charge in [0.05, 0.1) is 0 Å². The summed E-state index contributed by atoms with van der Waals surface area (Å²) in [6, 6.07) is 2.08. The Labute approximate surface area is 64.8 Å². The fourth-order valence-electron chi connectivity index (χ4n) is 0.833. The summed E-state index contributed by atoms with van der Waals surface area (Å²) in [5, 5.41) is 1.10. The van der Waals surface area contributed by atoms with Gasteiger partial charge in [-0.1, -0.05) is 19.2 Å². The maximum atomic E-state index is 3.89. The van der Waals surface area contributed by atoms with Gasteiger partial charge in [-0.3, -0.25) is 0 Å². The van der Waals surface area contributed by atoms with Gasteiger partial charge in [0.25, 0.3) is 0 Å². The molecule has 0 aliphatic rings. The molecule has 1 heteroatoms. The zero-order chi connectivity index (χ0) is 7.56. The van der Waals surface area contributed by atoms with Crippen LogP contribution in [0.5, 0.6) is 0 Å². The van der Waals surface area contributed by atoms with Gasteiger partial charge in [0.2, 0.25) is 0 Å². The van der Waals surface area contributed by atoms with Gasteiger partial charge in [-0.25, -0.2) is 0 Å². The van der Waals surface area contributed by atoms with Gasteiger partial charge in [-0.15, -0.1) is 11.3 Å². The monoisotopic (exact) mass is 150 g/mol. The van der Waals surface area contributed by atoms with Gasteiger partial charge in [-0.2, -0.15) is 0 Å². The summed E-state index contributed by atoms with van der Waals surface area (Å²) in [4.78, 5) is 1.30. The Hall–Kier alpha value is -0.820. The van der Waals surface area contributed by atoms with Crippen molar-refractivity contribution in [2.45, 2.75) is 6.92 Å². The average Bonchev–Trinajstić information content (AvgIpc) is 2.13. The summed E-state index contributed by atoms with van der Waals surface area (Å²) in [6.07, 6.45) is 3.78. The van der Waals surface area contributed by atoms with Crippen LogP contribution in [0.3, 0.4) is 0 Å². The van der Waals surface area contributed by atoms with Crippen molar-refractivity contribution in [2.24, 2.45) is 0 Å². The van der Waals surface area contributed by atoms with Gasteiger partial charge in [0, 0.05) is 9.41 Å². The van der Waals surface area contributed by atoms with Gasteiger partial charge in [0.1, 0.15) is 0 Å². The van der Waals surface area contributed by atoms with E-state index in [0.717, 1.165) is 5.22 Å². The van der Waals surface area contributed by atoms with E-state index in [1.165, 1.54) is 9.41 Å². The van der Waals surface area contributed by atoms with E-state index in [9.17, 15) is 0 Å². The molecule has 0 aliphatic heterocycles. The van der Waals surface area contributed by atoms with Crippen LogP contribution in [0.15, 0.2) is 18.7 Å². The second-order valence-electron chi connectivity index (χ2n) is 2.15. The van der Waals surface area contributed by atoms with E-state index in [2.05, 4.69) is 26.1 Å². The number of hydrogen-bond donors (Lipinski definition) is 0. The first-order valence-corrected chi connectivity index (χ1v) is 3.94. The summed E-state index contributed by atoms with van der Waals surface area (Å²) in [5.74, 6) is 0. The highest BCUT2D eigenvalue weighted by Crippen LogP contribution is 1.94. The fourth-order valence-corrected chi connectivity index (χ4v) is 1.74. The predicted octanol–water partition coefficient (Wildman–Crippen LogP) is 1.43. The maximum Gasteiger partial charge on any atom is 0.0339 e. The second kappa shape index (κ2) is 2.84. The molecule has 0 unspecified atom stereocenters. The lowest BCUT2D eigenvalue weighted by Gasteiger charge is -1.70. The van der Waals surface area contributed by atoms with Crippen molar-refractivity contribution < 1.29 is 0 Å². The molecule has 0 nitrogen and oxygen atoms in total. The van der Waals surface area contributed by atoms with Crippen molar-refractivity contribution in [3.63, 3.8) is 0 Å². The fraction of sp³-hybridized carbons (Fsp3) is 0.111. The summed E-state index contributed by atoms with van der Waals surface area (Å²) in [5.41, 5.74) is 0. The third-order valence-electron chi connectivity index (χ3n) is 1.23. The molecule has 1 aromatic heterocycles. The largest absolute Gasteiger partial charge is 0.141 e. The molecule has 0 aromatic carbocycles. The smallest absolute Gasteiger partial charge is 0.0339 e. The summed E-state index contributed by atoms with van der Waals surface area (Å²) in [6.45, 7) is 9.60. The molecule has 0 fully saturated rings. The van der Waals surface area contributed by atoms with Crippen LogP contribution < -0.4 is 9.75 Å². The Kier molecular flexibility index (Phi) is 2.07. The van der Waals surface area contributed by atoms with Gasteiger partial charge >= 0.3 is 0 Å². The van der Waals surface area contributed by atoms with Crippen LogP contribution in [-0.4, -0.2) is 0 Å². The molecule has 10 heavy (non-hydrogen) atoms. The molecule has 0 saturated carbocycles. The van der Waals surface area contributed by atoms with Crippen LogP contribution in [0.1, 0.15) is 4.88 Å². The molecule has 0 N–H and O–H groups in total. The molecule has 0 atom stereocenters. The topological polar surface area (TPSA) is 0 Å². The third-order valence-corrected chi connectivity index (χ3v) is 2.29. The summed E-state index contributed by atoms with van der Waals surface area (Å²) in [7, 11) is 0. The minimum absolute atomic E-state index is 1.10. The minimum atomic E-state index is 1.10. The molecule has 0 saturated heterocycles. The Morgan fingerprint density at radius 2 is 2.30 bits per heavy atom. The van der Waals surface area contributed by atoms with E-state index in [4.69, 9.17) is 0 Å². The van der Waals surface area contributed by atoms with Crippen LogP contribution in [0, 0.1) is 6.92 Å². The Bertz CT molecular complexity index is 330. The molecule has 1 aromatic rings. The van der Waals surface area contributed by atoms with Gasteiger partial charge in [-0.05, 0) is 24.3 Å². The maximum absolute atomic E-state index is 3.89. The SMILES string of the molecule is C=C/C=c1/sc(C)cc1=C. The van der Waals surface area contributed by atoms with Crippen molar-refractivity contribution >= 4 is 24.0 Å². The van der Waals surface area contributed by atoms with Crippen LogP contribution in [0.4, 0.5) is 0 Å². The molecule has 1 rings (SSSR count). The van der Waals surface area contributed by atoms with Gasteiger partial charge in [0.15, 0.2) is 0 Å². The van der Waals surface area contributed by atoms with Crippen molar-refractivity contribution in [3.05, 3.63) is 33.3 Å². The molecule has 0 radical (unpaired) electrons. The molecular weight excluding hydrogens is 140 g/mol. The summed E-state index contributed by atoms with van der Waals surface area (Å²) >= 11 is 1.75. The quantitative estimate of drug-likeness (QED) is 0.568. The Morgan fingerprint density at radius 3 is 2.70 bits per heavy atom. The molecule has 1 heterocycles. The normalized spacial score (nSPS) is 11.9. The highest BCUT2D eigenvalue weighted by Gasteiger charge is 1.86. The van der Waals surface area contributed by atoms with Crippen LogP contribution >= 0.6 is 11.3 Å². The first-order valence-electron chi connectivity index (χ1n) is 3.12. The number of thiophene rings is 1. The van der Waals surface area contributed by atoms with Crippen LogP contribution in [-0.2, 0) is 0 Å². The standard InChI is InChI=1S/C9H10S/c1-4-5-9-7(2)6-8(3)10-9/h4-6H,1-2H2,3H3/b9-5+. The summed E-state index contributed by atoms with van der Waals surface area (Å²) < 4.78 is 1.22. The number of rotatable bonds is 1. The molecule has 0 spiro atoms. The minimum Gasteiger partial charge on any atom is -0.141 e. The highest BCUT2D eigenvalue weighted by molar-refractivity contribution is 7.09. The second-order valence-corrected chi connectivity index (χ2v) is 3.44. The van der Waals surface area contributed by atoms with Crippen LogP contribution in [0.2, 0.25) is 0 Å². The van der Waals surface area contributed by atoms with Crippen molar-refractivity contribution in [1.29, 1.82) is 0 Å². The van der Waals surface area contributed by atoms with Gasteiger partial charge < -0.3 is 0 Å². The molecule has 0 aliphatic carbocycles. The Morgan fingerprint density at radius 1 is 1.60 bits per heavy atom. The van der Waals surface area contributed by atoms with E-state index in [-0.39, 0.29) is 0 Å². The van der Waals surface area contributed by atoms with Crippen molar-refractivity contribution in [1.82, 2.24) is 0 Å². The third kappa shape index (κ3) is 1.36. The number of hydrogen-bond acceptors (Lipinski definition) is 1. The predicted molar refractivity (Wildman–Crippen MR) is 48.5 cm³/mol. The van der Waals surface area contributed by atoms with Crippen molar-refractivity contribution in [3.8, 4) is 0 Å². The number of allylic oxidation sites excluding steroid dienone is 1. The van der Waals surface area contributed by atoms with E-state index in [1.54, 1.807) is 17.4 Å².